The fourth-order valence-corrected chi connectivity index (χ4v) is 4.80. The van der Waals surface area contributed by atoms with Crippen LogP contribution in [0.3, 0.4) is 0 Å². The van der Waals surface area contributed by atoms with E-state index in [1.165, 1.54) is 45.2 Å². The molecule has 1 heterocycles. The number of hydrogen-bond donors (Lipinski definition) is 1. The maximum atomic E-state index is 6.41. The van der Waals surface area contributed by atoms with Crippen molar-refractivity contribution >= 4 is 0 Å². The van der Waals surface area contributed by atoms with Gasteiger partial charge in [0.2, 0.25) is 0 Å². The zero-order chi connectivity index (χ0) is 12.0. The molecule has 2 aliphatic carbocycles. The van der Waals surface area contributed by atoms with Crippen LogP contribution in [0.15, 0.2) is 0 Å². The fraction of sp³-hybridized carbons (Fsp3) is 1.00. The number of rotatable bonds is 2. The highest BCUT2D eigenvalue weighted by Crippen LogP contribution is 2.40. The first-order valence-electron chi connectivity index (χ1n) is 7.63. The van der Waals surface area contributed by atoms with E-state index in [0.29, 0.717) is 6.04 Å². The average Bonchev–Trinajstić information content (AvgIpc) is 2.84. The highest BCUT2D eigenvalue weighted by atomic mass is 15.2. The Morgan fingerprint density at radius 2 is 1.94 bits per heavy atom. The lowest BCUT2D eigenvalue weighted by atomic mass is 9.72. The molecule has 3 rings (SSSR count). The molecule has 6 unspecified atom stereocenters. The summed E-state index contributed by atoms with van der Waals surface area (Å²) in [4.78, 5) is 2.77. The third-order valence-corrected chi connectivity index (χ3v) is 5.70. The van der Waals surface area contributed by atoms with Gasteiger partial charge in [-0.25, -0.2) is 0 Å². The molecule has 17 heavy (non-hydrogen) atoms. The largest absolute Gasteiger partial charge is 0.327 e. The SMILES string of the molecule is CC1CC(C)C(CN2CC3CCC2C3)C(N)C1. The summed E-state index contributed by atoms with van der Waals surface area (Å²) in [5.41, 5.74) is 6.41. The summed E-state index contributed by atoms with van der Waals surface area (Å²) < 4.78 is 0. The molecule has 6 atom stereocenters. The normalized spacial score (nSPS) is 51.0. The third kappa shape index (κ3) is 2.26. The minimum Gasteiger partial charge on any atom is -0.327 e. The molecule has 2 N–H and O–H groups in total. The molecule has 1 aliphatic heterocycles. The first-order valence-corrected chi connectivity index (χ1v) is 7.63. The van der Waals surface area contributed by atoms with Gasteiger partial charge in [0.05, 0.1) is 0 Å². The second kappa shape index (κ2) is 4.55. The molecule has 3 aliphatic rings. The molecule has 0 spiro atoms. The topological polar surface area (TPSA) is 29.3 Å². The van der Waals surface area contributed by atoms with Crippen molar-refractivity contribution in [2.45, 2.75) is 58.0 Å². The summed E-state index contributed by atoms with van der Waals surface area (Å²) >= 11 is 0. The summed E-state index contributed by atoms with van der Waals surface area (Å²) in [6.45, 7) is 7.45. The van der Waals surface area contributed by atoms with Crippen LogP contribution in [0.1, 0.15) is 46.0 Å². The molecule has 0 radical (unpaired) electrons. The second-order valence-electron chi connectivity index (χ2n) is 7.17. The van der Waals surface area contributed by atoms with Gasteiger partial charge in [-0.1, -0.05) is 13.8 Å². The lowest BCUT2D eigenvalue weighted by Gasteiger charge is -2.41. The Hall–Kier alpha value is -0.0800. The molecular formula is C15H28N2. The van der Waals surface area contributed by atoms with E-state index in [1.54, 1.807) is 0 Å². The van der Waals surface area contributed by atoms with Crippen LogP contribution in [0, 0.1) is 23.7 Å². The van der Waals surface area contributed by atoms with E-state index in [0.717, 1.165) is 29.7 Å². The Morgan fingerprint density at radius 1 is 1.12 bits per heavy atom. The molecule has 1 saturated heterocycles. The van der Waals surface area contributed by atoms with Crippen molar-refractivity contribution in [2.75, 3.05) is 13.1 Å². The molecule has 0 aromatic rings. The van der Waals surface area contributed by atoms with Crippen molar-refractivity contribution in [1.29, 1.82) is 0 Å². The quantitative estimate of drug-likeness (QED) is 0.798. The predicted octanol–water partition coefficient (Wildman–Crippen LogP) is 2.48. The Balaban J connectivity index is 1.60. The molecule has 0 amide bonds. The van der Waals surface area contributed by atoms with E-state index >= 15 is 0 Å². The predicted molar refractivity (Wildman–Crippen MR) is 71.7 cm³/mol. The Morgan fingerprint density at radius 3 is 2.53 bits per heavy atom. The van der Waals surface area contributed by atoms with Crippen LogP contribution < -0.4 is 5.73 Å². The van der Waals surface area contributed by atoms with Crippen LogP contribution in [0.2, 0.25) is 0 Å². The Kier molecular flexibility index (Phi) is 3.20. The Labute approximate surface area is 106 Å². The molecule has 0 aromatic carbocycles. The molecule has 2 nitrogen and oxygen atoms in total. The monoisotopic (exact) mass is 236 g/mol. The van der Waals surface area contributed by atoms with E-state index in [1.807, 2.05) is 0 Å². The lowest BCUT2D eigenvalue weighted by molar-refractivity contribution is 0.100. The highest BCUT2D eigenvalue weighted by molar-refractivity contribution is 4.95. The van der Waals surface area contributed by atoms with Crippen molar-refractivity contribution in [1.82, 2.24) is 4.90 Å². The minimum atomic E-state index is 0.452. The highest BCUT2D eigenvalue weighted by Gasteiger charge is 2.41. The summed E-state index contributed by atoms with van der Waals surface area (Å²) in [6, 6.07) is 1.37. The summed E-state index contributed by atoms with van der Waals surface area (Å²) in [5, 5.41) is 0. The maximum absolute atomic E-state index is 6.41. The standard InChI is InChI=1S/C15H28N2/c1-10-5-11(2)14(15(16)6-10)9-17-8-12-3-4-13(17)7-12/h10-15H,3-9,16H2,1-2H3. The van der Waals surface area contributed by atoms with E-state index in [2.05, 4.69) is 18.7 Å². The van der Waals surface area contributed by atoms with Gasteiger partial charge in [-0.3, -0.25) is 4.90 Å². The molecule has 3 fully saturated rings. The van der Waals surface area contributed by atoms with E-state index in [-0.39, 0.29) is 0 Å². The zero-order valence-corrected chi connectivity index (χ0v) is 11.4. The molecular weight excluding hydrogens is 208 g/mol. The van der Waals surface area contributed by atoms with Crippen molar-refractivity contribution in [3.63, 3.8) is 0 Å². The van der Waals surface area contributed by atoms with Gasteiger partial charge in [0.15, 0.2) is 0 Å². The average molecular weight is 236 g/mol. The molecule has 98 valence electrons. The van der Waals surface area contributed by atoms with Gasteiger partial charge in [0.1, 0.15) is 0 Å². The fourth-order valence-electron chi connectivity index (χ4n) is 4.80. The minimum absolute atomic E-state index is 0.452. The number of fused-ring (bicyclic) bond motifs is 2. The van der Waals surface area contributed by atoms with Gasteiger partial charge in [-0.05, 0) is 55.8 Å². The first kappa shape index (κ1) is 12.0. The zero-order valence-electron chi connectivity index (χ0n) is 11.4. The maximum Gasteiger partial charge on any atom is 0.00987 e. The third-order valence-electron chi connectivity index (χ3n) is 5.70. The Bertz CT molecular complexity index is 266. The number of likely N-dealkylation sites (tertiary alicyclic amines) is 1. The van der Waals surface area contributed by atoms with Gasteiger partial charge in [-0.15, -0.1) is 0 Å². The smallest absolute Gasteiger partial charge is 0.00987 e. The van der Waals surface area contributed by atoms with E-state index in [4.69, 9.17) is 5.73 Å². The van der Waals surface area contributed by atoms with Gasteiger partial charge in [0, 0.05) is 25.2 Å². The number of nitrogens with two attached hydrogens (primary N) is 1. The number of piperidine rings is 1. The van der Waals surface area contributed by atoms with Crippen molar-refractivity contribution in [3.05, 3.63) is 0 Å². The van der Waals surface area contributed by atoms with Crippen LogP contribution in [0.25, 0.3) is 0 Å². The lowest BCUT2D eigenvalue weighted by Crippen LogP contribution is -2.48. The molecule has 2 heteroatoms. The molecule has 0 aromatic heterocycles. The molecule has 2 saturated carbocycles. The van der Waals surface area contributed by atoms with Gasteiger partial charge in [0.25, 0.3) is 0 Å². The van der Waals surface area contributed by atoms with Crippen molar-refractivity contribution in [3.8, 4) is 0 Å². The van der Waals surface area contributed by atoms with E-state index < -0.39 is 0 Å². The van der Waals surface area contributed by atoms with E-state index in [9.17, 15) is 0 Å². The summed E-state index contributed by atoms with van der Waals surface area (Å²) in [7, 11) is 0. The second-order valence-corrected chi connectivity index (χ2v) is 7.17. The first-order chi connectivity index (χ1) is 8.13. The van der Waals surface area contributed by atoms with Crippen LogP contribution >= 0.6 is 0 Å². The summed E-state index contributed by atoms with van der Waals surface area (Å²) in [5.74, 6) is 3.44. The molecule has 2 bridgehead atoms. The van der Waals surface area contributed by atoms with Crippen LogP contribution in [0.4, 0.5) is 0 Å². The van der Waals surface area contributed by atoms with Gasteiger partial charge < -0.3 is 5.73 Å². The van der Waals surface area contributed by atoms with Crippen LogP contribution in [0.5, 0.6) is 0 Å². The van der Waals surface area contributed by atoms with Crippen molar-refractivity contribution in [2.24, 2.45) is 29.4 Å². The number of hydrogen-bond acceptors (Lipinski definition) is 2. The summed E-state index contributed by atoms with van der Waals surface area (Å²) in [6.07, 6.45) is 7.06. The van der Waals surface area contributed by atoms with Crippen LogP contribution in [-0.4, -0.2) is 30.1 Å². The van der Waals surface area contributed by atoms with Gasteiger partial charge >= 0.3 is 0 Å². The number of nitrogens with zero attached hydrogens (tertiary/aromatic N) is 1. The van der Waals surface area contributed by atoms with Gasteiger partial charge in [-0.2, -0.15) is 0 Å². The van der Waals surface area contributed by atoms with Crippen LogP contribution in [-0.2, 0) is 0 Å². The van der Waals surface area contributed by atoms with Crippen molar-refractivity contribution < 1.29 is 0 Å².